The second-order valence-corrected chi connectivity index (χ2v) is 7.56. The van der Waals surface area contributed by atoms with Crippen LogP contribution in [0.25, 0.3) is 21.9 Å². The number of nitrogens with zero attached hydrogens (tertiary/aromatic N) is 1. The van der Waals surface area contributed by atoms with Crippen molar-refractivity contribution in [1.82, 2.24) is 5.32 Å². The van der Waals surface area contributed by atoms with E-state index in [0.717, 1.165) is 27.5 Å². The number of aromatic hydroxyl groups is 1. The van der Waals surface area contributed by atoms with Gasteiger partial charge in [-0.3, -0.25) is 14.9 Å². The third-order valence-corrected chi connectivity index (χ3v) is 5.46. The molecule has 0 aliphatic rings. The maximum atomic E-state index is 12.6. The van der Waals surface area contributed by atoms with Crippen molar-refractivity contribution >= 4 is 22.4 Å². The molecule has 166 valence electrons. The van der Waals surface area contributed by atoms with Crippen LogP contribution in [0.2, 0.25) is 0 Å². The zero-order valence-corrected chi connectivity index (χ0v) is 17.9. The van der Waals surface area contributed by atoms with Crippen LogP contribution >= 0.6 is 0 Å². The Hall–Kier alpha value is -4.39. The van der Waals surface area contributed by atoms with Gasteiger partial charge in [-0.15, -0.1) is 0 Å². The fourth-order valence-electron chi connectivity index (χ4n) is 3.72. The van der Waals surface area contributed by atoms with Crippen LogP contribution < -0.4 is 10.1 Å². The molecule has 0 atom stereocenters. The highest BCUT2D eigenvalue weighted by molar-refractivity contribution is 6.01. The van der Waals surface area contributed by atoms with E-state index in [4.69, 9.17) is 4.74 Å². The lowest BCUT2D eigenvalue weighted by Gasteiger charge is -2.12. The molecule has 2 N–H and O–H groups in total. The minimum Gasteiger partial charge on any atom is -0.507 e. The van der Waals surface area contributed by atoms with E-state index in [0.29, 0.717) is 18.7 Å². The molecule has 0 unspecified atom stereocenters. The summed E-state index contributed by atoms with van der Waals surface area (Å²) < 4.78 is 5.45. The van der Waals surface area contributed by atoms with E-state index in [9.17, 15) is 20.0 Å². The number of phenolic OH excluding ortho intramolecular Hbond substituents is 1. The van der Waals surface area contributed by atoms with Crippen molar-refractivity contribution in [3.63, 3.8) is 0 Å². The fraction of sp³-hybridized carbons (Fsp3) is 0.115. The summed E-state index contributed by atoms with van der Waals surface area (Å²) in [5, 5.41) is 25.8. The zero-order chi connectivity index (χ0) is 23.4. The predicted octanol–water partition coefficient (Wildman–Crippen LogP) is 5.10. The topological polar surface area (TPSA) is 102 Å². The lowest BCUT2D eigenvalue weighted by atomic mass is 10.00. The second-order valence-electron chi connectivity index (χ2n) is 7.56. The molecular weight excluding hydrogens is 420 g/mol. The van der Waals surface area contributed by atoms with Gasteiger partial charge in [-0.1, -0.05) is 30.3 Å². The Balaban J connectivity index is 1.47. The number of benzene rings is 4. The van der Waals surface area contributed by atoms with Crippen molar-refractivity contribution in [2.75, 3.05) is 13.7 Å². The Labute approximate surface area is 190 Å². The van der Waals surface area contributed by atoms with Gasteiger partial charge in [-0.05, 0) is 64.7 Å². The van der Waals surface area contributed by atoms with Crippen LogP contribution in [0.3, 0.4) is 0 Å². The molecule has 0 spiro atoms. The molecule has 0 radical (unpaired) electrons. The minimum absolute atomic E-state index is 0.0218. The number of non-ortho nitro benzene ring substituents is 1. The highest BCUT2D eigenvalue weighted by atomic mass is 16.6. The number of carbonyl (C=O) groups excluding carboxylic acids is 1. The molecule has 7 nitrogen and oxygen atoms in total. The summed E-state index contributed by atoms with van der Waals surface area (Å²) in [6, 6.07) is 22.8. The molecule has 0 saturated carbocycles. The van der Waals surface area contributed by atoms with Crippen LogP contribution in [0.1, 0.15) is 15.9 Å². The molecule has 0 aromatic heterocycles. The van der Waals surface area contributed by atoms with Crippen molar-refractivity contribution in [2.24, 2.45) is 0 Å². The number of phenols is 1. The molecule has 7 heteroatoms. The monoisotopic (exact) mass is 442 g/mol. The summed E-state index contributed by atoms with van der Waals surface area (Å²) in [7, 11) is 1.57. The van der Waals surface area contributed by atoms with Gasteiger partial charge < -0.3 is 15.2 Å². The van der Waals surface area contributed by atoms with Gasteiger partial charge in [0.05, 0.1) is 17.6 Å². The van der Waals surface area contributed by atoms with Gasteiger partial charge in [0.15, 0.2) is 0 Å². The number of rotatable bonds is 7. The second kappa shape index (κ2) is 9.40. The van der Waals surface area contributed by atoms with E-state index in [1.54, 1.807) is 31.4 Å². The summed E-state index contributed by atoms with van der Waals surface area (Å²) in [4.78, 5) is 23.1. The molecule has 0 fully saturated rings. The standard InChI is InChI=1S/C26H22N2O5/c1-33-25-11-6-17(14-22(25)18-7-9-21(10-8-18)28(31)32)12-13-27-26(30)23-15-19-4-2-3-5-20(19)16-24(23)29/h2-11,14-16,29H,12-13H2,1H3,(H,27,30). The molecule has 0 aliphatic heterocycles. The van der Waals surface area contributed by atoms with E-state index < -0.39 is 4.92 Å². The van der Waals surface area contributed by atoms with Crippen molar-refractivity contribution in [1.29, 1.82) is 0 Å². The maximum Gasteiger partial charge on any atom is 0.269 e. The lowest BCUT2D eigenvalue weighted by molar-refractivity contribution is -0.384. The first-order chi connectivity index (χ1) is 16.0. The first-order valence-corrected chi connectivity index (χ1v) is 10.4. The third-order valence-electron chi connectivity index (χ3n) is 5.46. The van der Waals surface area contributed by atoms with Crippen molar-refractivity contribution < 1.29 is 19.6 Å². The van der Waals surface area contributed by atoms with E-state index in [2.05, 4.69) is 5.32 Å². The number of fused-ring (bicyclic) bond motifs is 1. The number of nitro groups is 1. The van der Waals surface area contributed by atoms with Gasteiger partial charge >= 0.3 is 0 Å². The van der Waals surface area contributed by atoms with Crippen LogP contribution in [0.15, 0.2) is 78.9 Å². The summed E-state index contributed by atoms with van der Waals surface area (Å²) in [6.07, 6.45) is 0.560. The van der Waals surface area contributed by atoms with Crippen LogP contribution in [-0.2, 0) is 6.42 Å². The van der Waals surface area contributed by atoms with Crippen molar-refractivity contribution in [3.05, 3.63) is 100 Å². The summed E-state index contributed by atoms with van der Waals surface area (Å²) in [5.74, 6) is 0.246. The van der Waals surface area contributed by atoms with E-state index in [1.807, 2.05) is 42.5 Å². The number of carbonyl (C=O) groups is 1. The number of nitro benzene ring substituents is 1. The van der Waals surface area contributed by atoms with Gasteiger partial charge in [-0.2, -0.15) is 0 Å². The largest absolute Gasteiger partial charge is 0.507 e. The quantitative estimate of drug-likeness (QED) is 0.306. The van der Waals surface area contributed by atoms with Crippen molar-refractivity contribution in [2.45, 2.75) is 6.42 Å². The van der Waals surface area contributed by atoms with Gasteiger partial charge in [0.25, 0.3) is 11.6 Å². The number of hydrogen-bond donors (Lipinski definition) is 2. The fourth-order valence-corrected chi connectivity index (χ4v) is 3.72. The maximum absolute atomic E-state index is 12.6. The van der Waals surface area contributed by atoms with Gasteiger partial charge in [0.2, 0.25) is 0 Å². The van der Waals surface area contributed by atoms with Crippen LogP contribution in [0.5, 0.6) is 11.5 Å². The molecule has 0 saturated heterocycles. The Morgan fingerprint density at radius 3 is 2.36 bits per heavy atom. The lowest BCUT2D eigenvalue weighted by Crippen LogP contribution is -2.25. The van der Waals surface area contributed by atoms with Crippen LogP contribution in [0.4, 0.5) is 5.69 Å². The Kier molecular flexibility index (Phi) is 6.22. The van der Waals surface area contributed by atoms with E-state index >= 15 is 0 Å². The molecule has 33 heavy (non-hydrogen) atoms. The predicted molar refractivity (Wildman–Crippen MR) is 127 cm³/mol. The number of amides is 1. The minimum atomic E-state index is -0.437. The molecule has 0 bridgehead atoms. The van der Waals surface area contributed by atoms with Crippen LogP contribution in [0, 0.1) is 10.1 Å². The molecular formula is C26H22N2O5. The summed E-state index contributed by atoms with van der Waals surface area (Å²) >= 11 is 0. The number of ether oxygens (including phenoxy) is 1. The molecule has 0 heterocycles. The molecule has 0 aliphatic carbocycles. The smallest absolute Gasteiger partial charge is 0.269 e. The van der Waals surface area contributed by atoms with Gasteiger partial charge in [0, 0.05) is 24.2 Å². The average Bonchev–Trinajstić information content (AvgIpc) is 2.83. The molecule has 1 amide bonds. The van der Waals surface area contributed by atoms with E-state index in [1.165, 1.54) is 12.1 Å². The van der Waals surface area contributed by atoms with Gasteiger partial charge in [-0.25, -0.2) is 0 Å². The molecule has 4 rings (SSSR count). The Morgan fingerprint density at radius 1 is 1.00 bits per heavy atom. The molecule has 4 aromatic rings. The average molecular weight is 442 g/mol. The summed E-state index contributed by atoms with van der Waals surface area (Å²) in [5.41, 5.74) is 2.82. The first kappa shape index (κ1) is 21.8. The van der Waals surface area contributed by atoms with E-state index in [-0.39, 0.29) is 22.9 Å². The number of hydrogen-bond acceptors (Lipinski definition) is 5. The Morgan fingerprint density at radius 2 is 1.70 bits per heavy atom. The summed E-state index contributed by atoms with van der Waals surface area (Å²) in [6.45, 7) is 0.372. The first-order valence-electron chi connectivity index (χ1n) is 10.4. The van der Waals surface area contributed by atoms with Crippen LogP contribution in [-0.4, -0.2) is 29.6 Å². The highest BCUT2D eigenvalue weighted by Crippen LogP contribution is 2.32. The number of nitrogens with one attached hydrogen (secondary N) is 1. The Bertz CT molecular complexity index is 1330. The third kappa shape index (κ3) is 4.77. The SMILES string of the molecule is COc1ccc(CCNC(=O)c2cc3ccccc3cc2O)cc1-c1ccc([N+](=O)[O-])cc1. The molecule has 4 aromatic carbocycles. The highest BCUT2D eigenvalue weighted by Gasteiger charge is 2.13. The normalized spacial score (nSPS) is 10.7. The van der Waals surface area contributed by atoms with Gasteiger partial charge in [0.1, 0.15) is 11.5 Å². The number of methoxy groups -OCH3 is 1. The van der Waals surface area contributed by atoms with Crippen molar-refractivity contribution in [3.8, 4) is 22.6 Å². The zero-order valence-electron chi connectivity index (χ0n) is 17.9.